The van der Waals surface area contributed by atoms with Gasteiger partial charge in [-0.2, -0.15) is 0 Å². The van der Waals surface area contributed by atoms with Crippen LogP contribution in [0.4, 0.5) is 34.1 Å². The van der Waals surface area contributed by atoms with E-state index >= 15 is 0 Å². The first-order chi connectivity index (χ1) is 55.1. The van der Waals surface area contributed by atoms with E-state index in [1.54, 1.807) is 0 Å². The molecule has 2 aromatic heterocycles. The molecule has 103 heavy (non-hydrogen) atoms. The van der Waals surface area contributed by atoms with Gasteiger partial charge in [0.15, 0.2) is 0 Å². The van der Waals surface area contributed by atoms with Gasteiger partial charge in [-0.25, -0.2) is 0 Å². The predicted octanol–water partition coefficient (Wildman–Crippen LogP) is 25.1. The molecule has 0 amide bonds. The van der Waals surface area contributed by atoms with Gasteiger partial charge in [-0.1, -0.05) is 322 Å². The van der Waals surface area contributed by atoms with E-state index in [9.17, 15) is 16.4 Å². The molecule has 4 nitrogen and oxygen atoms in total. The molecule has 4 heterocycles. The van der Waals surface area contributed by atoms with Gasteiger partial charge in [0.1, 0.15) is 0 Å². The molecular weight excluding hydrogens is 1240 g/mol. The number of rotatable bonds is 8. The summed E-state index contributed by atoms with van der Waals surface area (Å²) in [4.78, 5) is 4.36. The number of hydrogen-bond donors (Lipinski definition) is 0. The summed E-state index contributed by atoms with van der Waals surface area (Å²) in [5, 5.41) is 3.73. The van der Waals surface area contributed by atoms with E-state index in [-0.39, 0.29) is 59.5 Å². The summed E-state index contributed by atoms with van der Waals surface area (Å²) in [6.07, 6.45) is 0. The number of aromatic nitrogens is 2. The summed E-state index contributed by atoms with van der Waals surface area (Å²) in [6.45, 7) is 31.2. The van der Waals surface area contributed by atoms with Crippen molar-refractivity contribution in [3.8, 4) is 55.9 Å². The Morgan fingerprint density at radius 1 is 0.282 bits per heavy atom. The standard InChI is InChI=1S/C98H91BN4/c1-94(2,3)66-52-64(53-67(56-66)95(4,5)6)75-40-30-42-79-77-38-24-28-46-85(77)100(92(75)79)71-48-50-81-87(60-71)102(83-44-26-22-36-73(83)62-32-18-16-19-33-62)89-58-70(98(13,14)15)59-90-91(89)99(81)82-51-49-72(61-88(82)103(90)84-45-27-23-37-74(84)63-34-20-17-21-35-63)101-86-47-29-25-39-78(86)80-43-31-41-76(93(80)101)65-54-68(96(7,8)9)57-69(55-65)97(10,11)12/h16-61H,1-15H3/i16D,17D,18D,19D,20D,21D,32D,33D,34D,35D,52D,53D,54D,55D. The van der Waals surface area contributed by atoms with Crippen molar-refractivity contribution in [1.29, 1.82) is 0 Å². The molecule has 0 atom stereocenters. The van der Waals surface area contributed by atoms with Crippen molar-refractivity contribution >= 4 is 101 Å². The van der Waals surface area contributed by atoms with E-state index in [4.69, 9.17) is 2.74 Å². The second-order valence-corrected chi connectivity index (χ2v) is 33.1. The highest BCUT2D eigenvalue weighted by molar-refractivity contribution is 7.00. The largest absolute Gasteiger partial charge is 0.311 e. The fourth-order valence-electron chi connectivity index (χ4n) is 15.6. The zero-order valence-corrected chi connectivity index (χ0v) is 61.3. The molecule has 17 rings (SSSR count). The molecule has 0 saturated carbocycles. The van der Waals surface area contributed by atoms with Gasteiger partial charge in [-0.15, -0.1) is 0 Å². The van der Waals surface area contributed by atoms with Crippen molar-refractivity contribution in [2.24, 2.45) is 0 Å². The molecule has 0 spiro atoms. The molecule has 15 aromatic rings. The fourth-order valence-corrected chi connectivity index (χ4v) is 15.6. The Labute approximate surface area is 629 Å². The van der Waals surface area contributed by atoms with Crippen LogP contribution >= 0.6 is 0 Å². The van der Waals surface area contributed by atoms with Crippen LogP contribution in [0.5, 0.6) is 0 Å². The van der Waals surface area contributed by atoms with Crippen molar-refractivity contribution in [3.05, 3.63) is 307 Å². The summed E-state index contributed by atoms with van der Waals surface area (Å²) >= 11 is 0. The van der Waals surface area contributed by atoms with Gasteiger partial charge in [-0.05, 0) is 154 Å². The van der Waals surface area contributed by atoms with Crippen molar-refractivity contribution in [1.82, 2.24) is 9.13 Å². The Balaban J connectivity index is 1.03. The van der Waals surface area contributed by atoms with Gasteiger partial charge in [0.25, 0.3) is 6.71 Å². The van der Waals surface area contributed by atoms with Crippen LogP contribution in [0.1, 0.15) is 151 Å². The molecule has 5 heteroatoms. The SMILES string of the molecule is [2H]c1c([2H])c([2H])c(-c2ccccc2N2c3cc(-n4c5ccccc5c5cccc(-c6c([2H])c(C(C)(C)C)cc(C(C)(C)C)c6[2H])c54)ccc3B3c4ccc(-n5c6ccccc6c6cccc(-c7c([2H])c(C(C)(C)C)cc(C(C)(C)C)c7[2H])c65)cc4N(c4ccccc4-c4c([2H])c([2H])c([2H])c([2H])c4[2H])c4cc(C(C)(C)C)cc2c43)c([2H])c1[2H]. The lowest BCUT2D eigenvalue weighted by Gasteiger charge is -2.46. The molecule has 0 fully saturated rings. The first-order valence-corrected chi connectivity index (χ1v) is 35.9. The molecule has 0 radical (unpaired) electrons. The van der Waals surface area contributed by atoms with Crippen LogP contribution in [0.2, 0.25) is 0 Å². The topological polar surface area (TPSA) is 16.3 Å². The Bertz CT molecular complexity index is 6280. The summed E-state index contributed by atoms with van der Waals surface area (Å²) in [5.74, 6) is 0. The van der Waals surface area contributed by atoms with Gasteiger partial charge in [0.05, 0.1) is 52.6 Å². The van der Waals surface area contributed by atoms with Gasteiger partial charge in [0.2, 0.25) is 0 Å². The number of nitrogens with zero attached hydrogens (tertiary/aromatic N) is 4. The zero-order chi connectivity index (χ0) is 83.6. The van der Waals surface area contributed by atoms with Gasteiger partial charge in [-0.3, -0.25) is 0 Å². The molecule has 2 aliphatic rings. The van der Waals surface area contributed by atoms with Crippen molar-refractivity contribution in [2.75, 3.05) is 9.80 Å². The average Bonchev–Trinajstić information content (AvgIpc) is 1.31. The lowest BCUT2D eigenvalue weighted by molar-refractivity contribution is 0.568. The maximum Gasteiger partial charge on any atom is 0.252 e. The van der Waals surface area contributed by atoms with E-state index in [1.165, 1.54) is 0 Å². The molecule has 0 N–H and O–H groups in total. The molecular formula is C98H91BN4. The van der Waals surface area contributed by atoms with Gasteiger partial charge in [0, 0.05) is 77.9 Å². The number of hydrogen-bond acceptors (Lipinski definition) is 2. The lowest BCUT2D eigenvalue weighted by atomic mass is 9.33. The average molecular weight is 1350 g/mol. The van der Waals surface area contributed by atoms with Gasteiger partial charge < -0.3 is 18.9 Å². The fraction of sp³-hybridized carbons (Fsp3) is 0.204. The van der Waals surface area contributed by atoms with Crippen molar-refractivity contribution in [2.45, 2.75) is 131 Å². The van der Waals surface area contributed by atoms with Crippen LogP contribution in [-0.4, -0.2) is 15.8 Å². The van der Waals surface area contributed by atoms with Crippen LogP contribution in [0, 0.1) is 0 Å². The zero-order valence-electron chi connectivity index (χ0n) is 75.3. The molecule has 0 saturated heterocycles. The van der Waals surface area contributed by atoms with Crippen LogP contribution < -0.4 is 26.2 Å². The van der Waals surface area contributed by atoms with Crippen LogP contribution in [0.15, 0.2) is 279 Å². The van der Waals surface area contributed by atoms with E-state index in [0.29, 0.717) is 67.5 Å². The first kappa shape index (κ1) is 51.3. The Morgan fingerprint density at radius 3 is 1.00 bits per heavy atom. The van der Waals surface area contributed by atoms with E-state index in [1.807, 2.05) is 97.1 Å². The maximum absolute atomic E-state index is 10.3. The summed E-state index contributed by atoms with van der Waals surface area (Å²) in [7, 11) is 0. The summed E-state index contributed by atoms with van der Waals surface area (Å²) < 4.78 is 139. The highest BCUT2D eigenvalue weighted by Crippen LogP contribution is 2.52. The Morgan fingerprint density at radius 2 is 0.621 bits per heavy atom. The van der Waals surface area contributed by atoms with Crippen molar-refractivity contribution < 1.29 is 19.2 Å². The molecule has 0 bridgehead atoms. The number of para-hydroxylation sites is 6. The van der Waals surface area contributed by atoms with Crippen LogP contribution in [0.3, 0.4) is 0 Å². The third-order valence-electron chi connectivity index (χ3n) is 21.0. The Hall–Kier alpha value is -10.9. The summed E-state index contributed by atoms with van der Waals surface area (Å²) in [6, 6.07) is 61.9. The van der Waals surface area contributed by atoms with E-state index in [2.05, 4.69) is 220 Å². The monoisotopic (exact) mass is 1350 g/mol. The van der Waals surface area contributed by atoms with Crippen molar-refractivity contribution in [3.63, 3.8) is 0 Å². The van der Waals surface area contributed by atoms with E-state index < -0.39 is 70.0 Å². The minimum Gasteiger partial charge on any atom is -0.311 e. The van der Waals surface area contributed by atoms with E-state index in [0.717, 1.165) is 99.2 Å². The smallest absolute Gasteiger partial charge is 0.252 e. The molecule has 506 valence electrons. The van der Waals surface area contributed by atoms with Crippen LogP contribution in [-0.2, 0) is 27.1 Å². The molecule has 2 aliphatic heterocycles. The predicted molar refractivity (Wildman–Crippen MR) is 444 cm³/mol. The maximum atomic E-state index is 10.3. The number of fused-ring (bicyclic) bond motifs is 10. The molecule has 0 aliphatic carbocycles. The third-order valence-corrected chi connectivity index (χ3v) is 21.0. The highest BCUT2D eigenvalue weighted by atomic mass is 15.2. The third kappa shape index (κ3) is 10.9. The quantitative estimate of drug-likeness (QED) is 0.141. The highest BCUT2D eigenvalue weighted by Gasteiger charge is 2.46. The minimum atomic E-state index is -0.645. The van der Waals surface area contributed by atoms with Crippen LogP contribution in [0.25, 0.3) is 99.5 Å². The summed E-state index contributed by atoms with van der Waals surface area (Å²) in [5.41, 5.74) is 15.9. The normalized spacial score (nSPS) is 15.2. The Kier molecular flexibility index (Phi) is 11.9. The molecule has 13 aromatic carbocycles. The minimum absolute atomic E-state index is 0.00327. The second-order valence-electron chi connectivity index (χ2n) is 33.1. The molecule has 0 unspecified atom stereocenters. The number of anilines is 6. The lowest BCUT2D eigenvalue weighted by Crippen LogP contribution is -2.61. The second kappa shape index (κ2) is 23.9. The first-order valence-electron chi connectivity index (χ1n) is 42.9. The van der Waals surface area contributed by atoms with Gasteiger partial charge >= 0.3 is 0 Å². The number of benzene rings is 13.